The number of methoxy groups -OCH3 is 1. The van der Waals surface area contributed by atoms with Crippen LogP contribution in [0.4, 0.5) is 0 Å². The fraction of sp³-hybridized carbons (Fsp3) is 0.483. The Hall–Kier alpha value is -2.99. The summed E-state index contributed by atoms with van der Waals surface area (Å²) in [6, 6.07) is 11.0. The molecule has 6 nitrogen and oxygen atoms in total. The molecule has 0 bridgehead atoms. The highest BCUT2D eigenvalue weighted by Crippen LogP contribution is 2.37. The van der Waals surface area contributed by atoms with Crippen LogP contribution in [0.15, 0.2) is 42.1 Å². The number of piperidine rings is 1. The van der Waals surface area contributed by atoms with Gasteiger partial charge in [-0.15, -0.1) is 0 Å². The summed E-state index contributed by atoms with van der Waals surface area (Å²) in [6.07, 6.45) is 8.91. The third-order valence-corrected chi connectivity index (χ3v) is 7.13. The molecular formula is C29H37N3O3. The van der Waals surface area contributed by atoms with Crippen LogP contribution in [0.1, 0.15) is 66.5 Å². The molecule has 1 fully saturated rings. The Balaban J connectivity index is 1.36. The summed E-state index contributed by atoms with van der Waals surface area (Å²) in [4.78, 5) is 30.7. The first-order valence-corrected chi connectivity index (χ1v) is 12.9. The monoisotopic (exact) mass is 475 g/mol. The molecule has 1 aromatic carbocycles. The summed E-state index contributed by atoms with van der Waals surface area (Å²) in [6.45, 7) is 4.82. The predicted molar refractivity (Wildman–Crippen MR) is 138 cm³/mol. The molecule has 0 radical (unpaired) electrons. The van der Waals surface area contributed by atoms with Crippen LogP contribution in [0.25, 0.3) is 5.57 Å². The van der Waals surface area contributed by atoms with Crippen LogP contribution in [0, 0.1) is 6.92 Å². The van der Waals surface area contributed by atoms with Gasteiger partial charge in [0.15, 0.2) is 0 Å². The molecule has 186 valence electrons. The molecule has 2 heterocycles. The third kappa shape index (κ3) is 6.37. The van der Waals surface area contributed by atoms with Gasteiger partial charge in [0.1, 0.15) is 0 Å². The summed E-state index contributed by atoms with van der Waals surface area (Å²) in [5, 5.41) is 3.27. The highest BCUT2D eigenvalue weighted by atomic mass is 16.5. The van der Waals surface area contributed by atoms with Crippen molar-refractivity contribution in [2.75, 3.05) is 33.3 Å². The number of carbonyl (C=O) groups excluding carboxylic acids is 2. The van der Waals surface area contributed by atoms with Gasteiger partial charge in [-0.05, 0) is 74.8 Å². The number of carbonyl (C=O) groups is 2. The molecule has 2 aliphatic rings. The first-order chi connectivity index (χ1) is 17.1. The molecule has 0 unspecified atom stereocenters. The maximum absolute atomic E-state index is 12.8. The van der Waals surface area contributed by atoms with Gasteiger partial charge in [-0.25, -0.2) is 0 Å². The molecule has 1 aliphatic carbocycles. The van der Waals surface area contributed by atoms with Gasteiger partial charge in [-0.1, -0.05) is 41.8 Å². The van der Waals surface area contributed by atoms with Crippen molar-refractivity contribution in [1.29, 1.82) is 0 Å². The van der Waals surface area contributed by atoms with Crippen LogP contribution in [0.3, 0.4) is 0 Å². The molecule has 4 rings (SSSR count). The summed E-state index contributed by atoms with van der Waals surface area (Å²) in [5.74, 6) is 0.00770. The maximum Gasteiger partial charge on any atom is 0.305 e. The number of amides is 1. The molecule has 0 spiro atoms. The van der Waals surface area contributed by atoms with Gasteiger partial charge in [-0.2, -0.15) is 0 Å². The number of nitrogens with zero attached hydrogens (tertiary/aromatic N) is 2. The summed E-state index contributed by atoms with van der Waals surface area (Å²) >= 11 is 0. The van der Waals surface area contributed by atoms with Crippen molar-refractivity contribution in [3.05, 3.63) is 70.0 Å². The number of hydrogen-bond donors (Lipinski definition) is 1. The van der Waals surface area contributed by atoms with Crippen molar-refractivity contribution >= 4 is 17.4 Å². The second-order valence-electron chi connectivity index (χ2n) is 9.59. The van der Waals surface area contributed by atoms with Crippen molar-refractivity contribution in [2.24, 2.45) is 0 Å². The van der Waals surface area contributed by atoms with E-state index in [1.165, 1.54) is 40.5 Å². The van der Waals surface area contributed by atoms with Crippen molar-refractivity contribution in [3.8, 4) is 0 Å². The molecule has 1 aliphatic heterocycles. The van der Waals surface area contributed by atoms with E-state index in [1.54, 1.807) is 0 Å². The second kappa shape index (κ2) is 12.1. The number of nitrogens with one attached hydrogen (secondary N) is 1. The largest absolute Gasteiger partial charge is 0.469 e. The van der Waals surface area contributed by atoms with Crippen molar-refractivity contribution in [3.63, 3.8) is 0 Å². The van der Waals surface area contributed by atoms with Gasteiger partial charge in [-0.3, -0.25) is 14.6 Å². The van der Waals surface area contributed by atoms with E-state index in [4.69, 9.17) is 4.98 Å². The summed E-state index contributed by atoms with van der Waals surface area (Å²) < 4.78 is 4.66. The highest BCUT2D eigenvalue weighted by molar-refractivity contribution is 5.85. The molecule has 1 aromatic heterocycles. The first kappa shape index (κ1) is 25.1. The van der Waals surface area contributed by atoms with Gasteiger partial charge in [0.25, 0.3) is 0 Å². The summed E-state index contributed by atoms with van der Waals surface area (Å²) in [5.41, 5.74) is 9.17. The Morgan fingerprint density at radius 1 is 1.03 bits per heavy atom. The number of ether oxygens (including phenoxy) is 1. The van der Waals surface area contributed by atoms with Crippen LogP contribution in [-0.2, 0) is 27.2 Å². The average molecular weight is 476 g/mol. The minimum Gasteiger partial charge on any atom is -0.469 e. The molecule has 0 atom stereocenters. The zero-order valence-electron chi connectivity index (χ0n) is 21.1. The van der Waals surface area contributed by atoms with Crippen LogP contribution in [0.2, 0.25) is 0 Å². The predicted octanol–water partition coefficient (Wildman–Crippen LogP) is 4.24. The van der Waals surface area contributed by atoms with Gasteiger partial charge in [0.2, 0.25) is 5.91 Å². The first-order valence-electron chi connectivity index (χ1n) is 12.9. The lowest BCUT2D eigenvalue weighted by Crippen LogP contribution is -2.41. The molecule has 2 aromatic rings. The molecule has 1 N–H and O–H groups in total. The Morgan fingerprint density at radius 3 is 2.63 bits per heavy atom. The van der Waals surface area contributed by atoms with E-state index in [9.17, 15) is 9.59 Å². The van der Waals surface area contributed by atoms with E-state index in [2.05, 4.69) is 41.2 Å². The number of benzene rings is 1. The molecule has 6 heteroatoms. The van der Waals surface area contributed by atoms with E-state index < -0.39 is 0 Å². The highest BCUT2D eigenvalue weighted by Gasteiger charge is 2.26. The normalized spacial score (nSPS) is 15.3. The van der Waals surface area contributed by atoms with Crippen LogP contribution >= 0.6 is 0 Å². The number of fused-ring (bicyclic) bond motifs is 2. The SMILES string of the molecule is COC(=O)CCCCCNCC(=O)N1CCC(=C2c3ccc(C)cc3CCc3cccnc32)CC1. The van der Waals surface area contributed by atoms with E-state index >= 15 is 0 Å². The molecule has 0 saturated carbocycles. The smallest absolute Gasteiger partial charge is 0.305 e. The van der Waals surface area contributed by atoms with E-state index in [0.717, 1.165) is 70.3 Å². The third-order valence-electron chi connectivity index (χ3n) is 7.13. The Bertz CT molecular complexity index is 1080. The second-order valence-corrected chi connectivity index (χ2v) is 9.59. The molecular weight excluding hydrogens is 438 g/mol. The Morgan fingerprint density at radius 2 is 1.83 bits per heavy atom. The van der Waals surface area contributed by atoms with E-state index in [1.807, 2.05) is 17.2 Å². The number of likely N-dealkylation sites (tertiary alicyclic amines) is 1. The zero-order chi connectivity index (χ0) is 24.6. The van der Waals surface area contributed by atoms with Gasteiger partial charge < -0.3 is 15.0 Å². The Kier molecular flexibility index (Phi) is 8.69. The molecule has 1 amide bonds. The molecule has 1 saturated heterocycles. The van der Waals surface area contributed by atoms with Gasteiger partial charge in [0.05, 0.1) is 19.3 Å². The van der Waals surface area contributed by atoms with Gasteiger partial charge >= 0.3 is 5.97 Å². The quantitative estimate of drug-likeness (QED) is 0.457. The fourth-order valence-electron chi connectivity index (χ4n) is 5.17. The minimum absolute atomic E-state index is 0.158. The number of esters is 1. The standard InChI is InChI=1S/C29H37N3O3/c1-21-9-12-25-24(19-21)11-10-23-7-6-16-31-29(23)28(25)22-13-17-32(18-14-22)26(33)20-30-15-5-3-4-8-27(34)35-2/h6-7,9,12,16,19,30H,3-5,8,10-11,13-15,17-18,20H2,1-2H3. The minimum atomic E-state index is -0.158. The van der Waals surface area contributed by atoms with E-state index in [-0.39, 0.29) is 11.9 Å². The Labute approximate surface area is 208 Å². The van der Waals surface area contributed by atoms with Crippen LogP contribution in [0.5, 0.6) is 0 Å². The lowest BCUT2D eigenvalue weighted by Gasteiger charge is -2.30. The van der Waals surface area contributed by atoms with Crippen molar-refractivity contribution in [2.45, 2.75) is 58.3 Å². The maximum atomic E-state index is 12.8. The van der Waals surface area contributed by atoms with Crippen molar-refractivity contribution in [1.82, 2.24) is 15.2 Å². The fourth-order valence-corrected chi connectivity index (χ4v) is 5.17. The number of aryl methyl sites for hydroxylation is 3. The van der Waals surface area contributed by atoms with E-state index in [0.29, 0.717) is 13.0 Å². The number of pyridine rings is 1. The number of aromatic nitrogens is 1. The van der Waals surface area contributed by atoms with Gasteiger partial charge in [0, 0.05) is 31.3 Å². The average Bonchev–Trinajstić information content (AvgIpc) is 3.04. The van der Waals surface area contributed by atoms with Crippen LogP contribution in [-0.4, -0.2) is 55.0 Å². The summed E-state index contributed by atoms with van der Waals surface area (Å²) in [7, 11) is 1.42. The van der Waals surface area contributed by atoms with Crippen molar-refractivity contribution < 1.29 is 14.3 Å². The number of rotatable bonds is 8. The lowest BCUT2D eigenvalue weighted by molar-refractivity contribution is -0.140. The lowest BCUT2D eigenvalue weighted by atomic mass is 9.88. The van der Waals surface area contributed by atoms with Crippen LogP contribution < -0.4 is 5.32 Å². The zero-order valence-corrected chi connectivity index (χ0v) is 21.1. The number of unbranched alkanes of at least 4 members (excludes halogenated alkanes) is 2. The molecule has 35 heavy (non-hydrogen) atoms. The topological polar surface area (TPSA) is 71.5 Å². The number of hydrogen-bond acceptors (Lipinski definition) is 5.